The first-order valence-electron chi connectivity index (χ1n) is 6.44. The first-order chi connectivity index (χ1) is 9.16. The maximum absolute atomic E-state index is 12.5. The number of aryl methyl sites for hydroxylation is 2. The molecule has 1 aliphatic heterocycles. The minimum atomic E-state index is 0.135. The van der Waals surface area contributed by atoms with Crippen molar-refractivity contribution in [3.8, 4) is 0 Å². The third-order valence-corrected chi connectivity index (χ3v) is 4.57. The minimum absolute atomic E-state index is 0.135. The third-order valence-electron chi connectivity index (χ3n) is 3.61. The minimum Gasteiger partial charge on any atom is -0.287 e. The van der Waals surface area contributed by atoms with E-state index < -0.39 is 0 Å². The van der Waals surface area contributed by atoms with Crippen molar-refractivity contribution in [1.82, 2.24) is 9.55 Å². The van der Waals surface area contributed by atoms with E-state index in [0.29, 0.717) is 6.42 Å². The third kappa shape index (κ3) is 2.21. The Morgan fingerprint density at radius 3 is 2.89 bits per heavy atom. The summed E-state index contributed by atoms with van der Waals surface area (Å²) in [6.45, 7) is 4.81. The number of hydrogen-bond acceptors (Lipinski definition) is 3. The average Bonchev–Trinajstić information content (AvgIpc) is 2.84. The highest BCUT2D eigenvalue weighted by Gasteiger charge is 2.19. The fourth-order valence-corrected chi connectivity index (χ4v) is 3.40. The first-order valence-corrected chi connectivity index (χ1v) is 7.43. The SMILES string of the molecule is Cc1ccccc1Cc1c(C)nc2n(c1=O)CCS2. The van der Waals surface area contributed by atoms with Crippen LogP contribution in [-0.4, -0.2) is 15.3 Å². The zero-order valence-electron chi connectivity index (χ0n) is 11.1. The van der Waals surface area contributed by atoms with Crippen LogP contribution < -0.4 is 5.56 Å². The normalized spacial score (nSPS) is 13.6. The summed E-state index contributed by atoms with van der Waals surface area (Å²) in [6, 6.07) is 8.21. The van der Waals surface area contributed by atoms with E-state index in [4.69, 9.17) is 0 Å². The molecule has 0 atom stereocenters. The highest BCUT2D eigenvalue weighted by Crippen LogP contribution is 2.23. The Labute approximate surface area is 116 Å². The number of nitrogens with zero attached hydrogens (tertiary/aromatic N) is 2. The van der Waals surface area contributed by atoms with Gasteiger partial charge in [-0.25, -0.2) is 4.98 Å². The molecule has 19 heavy (non-hydrogen) atoms. The Morgan fingerprint density at radius 2 is 2.11 bits per heavy atom. The van der Waals surface area contributed by atoms with Gasteiger partial charge in [0.05, 0.1) is 0 Å². The van der Waals surface area contributed by atoms with E-state index in [2.05, 4.69) is 24.0 Å². The van der Waals surface area contributed by atoms with Crippen LogP contribution in [0.25, 0.3) is 0 Å². The zero-order valence-corrected chi connectivity index (χ0v) is 12.0. The van der Waals surface area contributed by atoms with Crippen LogP contribution in [0.2, 0.25) is 0 Å². The molecule has 0 spiro atoms. The molecule has 0 saturated heterocycles. The van der Waals surface area contributed by atoms with E-state index >= 15 is 0 Å². The Kier molecular flexibility index (Phi) is 3.19. The van der Waals surface area contributed by atoms with Gasteiger partial charge in [0.25, 0.3) is 5.56 Å². The average molecular weight is 272 g/mol. The number of fused-ring (bicyclic) bond motifs is 1. The summed E-state index contributed by atoms with van der Waals surface area (Å²) in [6.07, 6.45) is 0.676. The number of aromatic nitrogens is 2. The van der Waals surface area contributed by atoms with Crippen molar-refractivity contribution in [3.63, 3.8) is 0 Å². The molecule has 1 aromatic carbocycles. The molecule has 0 saturated carbocycles. The predicted molar refractivity (Wildman–Crippen MR) is 77.9 cm³/mol. The molecule has 0 aliphatic carbocycles. The van der Waals surface area contributed by atoms with Crippen molar-refractivity contribution in [1.29, 1.82) is 0 Å². The first kappa shape index (κ1) is 12.5. The number of hydrogen-bond donors (Lipinski definition) is 0. The van der Waals surface area contributed by atoms with Crippen LogP contribution in [0.3, 0.4) is 0 Å². The molecule has 4 heteroatoms. The van der Waals surface area contributed by atoms with E-state index in [1.807, 2.05) is 23.6 Å². The topological polar surface area (TPSA) is 34.9 Å². The molecule has 1 aliphatic rings. The molecular formula is C15H16N2OS. The Bertz CT molecular complexity index is 691. The van der Waals surface area contributed by atoms with Gasteiger partial charge >= 0.3 is 0 Å². The predicted octanol–water partition coefficient (Wildman–Crippen LogP) is 2.56. The van der Waals surface area contributed by atoms with Gasteiger partial charge in [-0.15, -0.1) is 0 Å². The van der Waals surface area contributed by atoms with Gasteiger partial charge in [0.2, 0.25) is 0 Å². The second-order valence-corrected chi connectivity index (χ2v) is 5.93. The molecule has 0 radical (unpaired) electrons. The highest BCUT2D eigenvalue weighted by molar-refractivity contribution is 7.99. The van der Waals surface area contributed by atoms with Crippen LogP contribution in [0.1, 0.15) is 22.4 Å². The highest BCUT2D eigenvalue weighted by atomic mass is 32.2. The van der Waals surface area contributed by atoms with Gasteiger partial charge in [0.15, 0.2) is 5.16 Å². The lowest BCUT2D eigenvalue weighted by Gasteiger charge is -2.10. The van der Waals surface area contributed by atoms with Crippen LogP contribution in [-0.2, 0) is 13.0 Å². The molecule has 3 rings (SSSR count). The molecule has 1 aromatic heterocycles. The molecule has 2 aromatic rings. The summed E-state index contributed by atoms with van der Waals surface area (Å²) in [7, 11) is 0. The monoisotopic (exact) mass is 272 g/mol. The lowest BCUT2D eigenvalue weighted by atomic mass is 10.0. The fourth-order valence-electron chi connectivity index (χ4n) is 2.41. The van der Waals surface area contributed by atoms with Crippen molar-refractivity contribution in [3.05, 3.63) is 57.0 Å². The lowest BCUT2D eigenvalue weighted by molar-refractivity contribution is 0.638. The van der Waals surface area contributed by atoms with E-state index in [1.165, 1.54) is 11.1 Å². The number of thioether (sulfide) groups is 1. The Hall–Kier alpha value is -1.55. The summed E-state index contributed by atoms with van der Waals surface area (Å²) in [5.74, 6) is 0.954. The van der Waals surface area contributed by atoms with Crippen molar-refractivity contribution < 1.29 is 0 Å². The van der Waals surface area contributed by atoms with Crippen LogP contribution >= 0.6 is 11.8 Å². The smallest absolute Gasteiger partial charge is 0.257 e. The second-order valence-electron chi connectivity index (χ2n) is 4.87. The van der Waals surface area contributed by atoms with Crippen LogP contribution in [0.5, 0.6) is 0 Å². The van der Waals surface area contributed by atoms with Gasteiger partial charge in [0.1, 0.15) is 0 Å². The Morgan fingerprint density at radius 1 is 1.32 bits per heavy atom. The summed E-state index contributed by atoms with van der Waals surface area (Å²) in [5.41, 5.74) is 4.27. The molecule has 0 fully saturated rings. The van der Waals surface area contributed by atoms with E-state index in [0.717, 1.165) is 28.7 Å². The van der Waals surface area contributed by atoms with Crippen molar-refractivity contribution in [2.24, 2.45) is 0 Å². The van der Waals surface area contributed by atoms with Gasteiger partial charge in [-0.05, 0) is 25.0 Å². The van der Waals surface area contributed by atoms with Gasteiger partial charge in [-0.2, -0.15) is 0 Å². The molecule has 98 valence electrons. The van der Waals surface area contributed by atoms with Gasteiger partial charge in [-0.3, -0.25) is 9.36 Å². The maximum Gasteiger partial charge on any atom is 0.257 e. The van der Waals surface area contributed by atoms with Gasteiger partial charge < -0.3 is 0 Å². The van der Waals surface area contributed by atoms with Crippen molar-refractivity contribution in [2.75, 3.05) is 5.75 Å². The second kappa shape index (κ2) is 4.85. The lowest BCUT2D eigenvalue weighted by Crippen LogP contribution is -2.26. The van der Waals surface area contributed by atoms with Crippen molar-refractivity contribution >= 4 is 11.8 Å². The Balaban J connectivity index is 2.07. The molecule has 0 amide bonds. The van der Waals surface area contributed by atoms with E-state index in [1.54, 1.807) is 11.8 Å². The van der Waals surface area contributed by atoms with Gasteiger partial charge in [-0.1, -0.05) is 36.0 Å². The fraction of sp³-hybridized carbons (Fsp3) is 0.333. The standard InChI is InChI=1S/C15H16N2OS/c1-10-5-3-4-6-12(10)9-13-11(2)16-15-17(14(13)18)7-8-19-15/h3-6H,7-9H2,1-2H3. The zero-order chi connectivity index (χ0) is 13.4. The summed E-state index contributed by atoms with van der Waals surface area (Å²) >= 11 is 1.67. The summed E-state index contributed by atoms with van der Waals surface area (Å²) < 4.78 is 1.81. The van der Waals surface area contributed by atoms with E-state index in [9.17, 15) is 4.79 Å². The molecular weight excluding hydrogens is 256 g/mol. The van der Waals surface area contributed by atoms with Crippen molar-refractivity contribution in [2.45, 2.75) is 32.0 Å². The maximum atomic E-state index is 12.5. The van der Waals surface area contributed by atoms with Gasteiger partial charge in [0, 0.05) is 30.0 Å². The summed E-state index contributed by atoms with van der Waals surface area (Å²) in [5, 5.41) is 0.871. The quantitative estimate of drug-likeness (QED) is 0.788. The van der Waals surface area contributed by atoms with Crippen LogP contribution in [0.15, 0.2) is 34.2 Å². The largest absolute Gasteiger partial charge is 0.287 e. The molecule has 0 unspecified atom stereocenters. The molecule has 0 N–H and O–H groups in total. The molecule has 2 heterocycles. The number of benzene rings is 1. The van der Waals surface area contributed by atoms with Crippen LogP contribution in [0.4, 0.5) is 0 Å². The molecule has 3 nitrogen and oxygen atoms in total. The van der Waals surface area contributed by atoms with E-state index in [-0.39, 0.29) is 5.56 Å². The number of rotatable bonds is 2. The van der Waals surface area contributed by atoms with Crippen LogP contribution in [0, 0.1) is 13.8 Å². The summed E-state index contributed by atoms with van der Waals surface area (Å²) in [4.78, 5) is 17.1. The molecule has 0 bridgehead atoms.